The molecule has 0 bridgehead atoms. The molecule has 0 aliphatic rings. The van der Waals surface area contributed by atoms with Gasteiger partial charge in [-0.05, 0) is 36.0 Å². The largest absolute Gasteiger partial charge is 0.317 e. The lowest BCUT2D eigenvalue weighted by Gasteiger charge is -1.75. The Morgan fingerprint density at radius 2 is 1.00 bits per heavy atom. The highest BCUT2D eigenvalue weighted by Crippen LogP contribution is 2.11. The van der Waals surface area contributed by atoms with Gasteiger partial charge in [-0.2, -0.15) is 17.6 Å². The zero-order chi connectivity index (χ0) is 12.3. The molecule has 0 aliphatic heterocycles. The van der Waals surface area contributed by atoms with E-state index >= 15 is 0 Å². The summed E-state index contributed by atoms with van der Waals surface area (Å²) < 4.78 is 54.1. The van der Waals surface area contributed by atoms with E-state index in [1.807, 2.05) is 5.83 Å². The predicted octanol–water partition coefficient (Wildman–Crippen LogP) is 5.62. The highest BCUT2D eigenvalue weighted by atomic mass is 79.9. The number of hydrogen-bond donors (Lipinski definition) is 0. The average Bonchev–Trinajstić information content (AvgIpc) is 2.08. The number of alkyl halides is 1. The van der Waals surface area contributed by atoms with E-state index in [9.17, 15) is 22.0 Å². The first-order valence-electron chi connectivity index (χ1n) is 2.70. The molecule has 8 heteroatoms. The van der Waals surface area contributed by atoms with Gasteiger partial charge >= 0.3 is 6.08 Å². The quantitative estimate of drug-likeness (QED) is 0.400. The zero-order valence-electron chi connectivity index (χ0n) is 7.02. The molecule has 0 unspecified atom stereocenters. The smallest absolute Gasteiger partial charge is 0.208 e. The summed E-state index contributed by atoms with van der Waals surface area (Å²) in [4.78, 5) is 0. The maximum atomic E-state index is 11.2. The van der Waals surface area contributed by atoms with Crippen LogP contribution in [0, 0.1) is 0 Å². The van der Waals surface area contributed by atoms with Crippen LogP contribution in [-0.2, 0) is 0 Å². The second-order valence-electron chi connectivity index (χ2n) is 1.31. The summed E-state index contributed by atoms with van der Waals surface area (Å²) in [7, 11) is 0. The topological polar surface area (TPSA) is 0 Å². The molecule has 0 saturated heterocycles. The molecule has 14 heavy (non-hydrogen) atoms. The van der Waals surface area contributed by atoms with Gasteiger partial charge < -0.3 is 0 Å². The SMILES string of the molecule is C/C(F)=C(\F)Cl.CBr.FC(F)=C(F)Cl. The van der Waals surface area contributed by atoms with Crippen molar-refractivity contribution in [1.82, 2.24) is 0 Å². The highest BCUT2D eigenvalue weighted by Gasteiger charge is 1.95. The lowest BCUT2D eigenvalue weighted by Crippen LogP contribution is -1.57. The lowest BCUT2D eigenvalue weighted by molar-refractivity contribution is 0.393. The fraction of sp³-hybridized carbons (Fsp3) is 0.333. The molecule has 0 spiro atoms. The lowest BCUT2D eigenvalue weighted by atomic mass is 10.7. The van der Waals surface area contributed by atoms with Gasteiger partial charge in [0.15, 0.2) is 0 Å². The Kier molecular flexibility index (Phi) is 18.6. The van der Waals surface area contributed by atoms with E-state index in [4.69, 9.17) is 0 Å². The first-order chi connectivity index (χ1) is 6.29. The van der Waals surface area contributed by atoms with Gasteiger partial charge in [0, 0.05) is 0 Å². The van der Waals surface area contributed by atoms with Crippen LogP contribution in [0.2, 0.25) is 0 Å². The van der Waals surface area contributed by atoms with Gasteiger partial charge in [0.25, 0.3) is 5.29 Å². The van der Waals surface area contributed by atoms with Crippen molar-refractivity contribution >= 4 is 39.1 Å². The van der Waals surface area contributed by atoms with Crippen LogP contribution in [0.25, 0.3) is 0 Å². The molecule has 0 rings (SSSR count). The number of allylic oxidation sites excluding steroid dienone is 1. The maximum absolute atomic E-state index is 11.2. The molecule has 0 atom stereocenters. The Balaban J connectivity index is -0.000000147. The van der Waals surface area contributed by atoms with Crippen molar-refractivity contribution in [2.45, 2.75) is 6.92 Å². The van der Waals surface area contributed by atoms with Crippen molar-refractivity contribution in [3.05, 3.63) is 22.5 Å². The monoisotopic (exact) mass is 322 g/mol. The fourth-order valence-electron chi connectivity index (χ4n) is 0. The molecule has 0 aromatic carbocycles. The van der Waals surface area contributed by atoms with Crippen molar-refractivity contribution in [1.29, 1.82) is 0 Å². The normalized spacial score (nSPS) is 9.86. The standard InChI is InChI=1S/C3H3ClF2.C2ClF3.CH3Br/c1-2(5)3(4)6;3-1(4)2(5)6;1-2/h1H3;;1H3/b3-2+;;. The van der Waals surface area contributed by atoms with Gasteiger partial charge in [0.05, 0.1) is 0 Å². The Labute approximate surface area is 96.5 Å². The van der Waals surface area contributed by atoms with Crippen LogP contribution in [0.5, 0.6) is 0 Å². The van der Waals surface area contributed by atoms with Crippen LogP contribution >= 0.6 is 39.1 Å². The first kappa shape index (κ1) is 19.7. The van der Waals surface area contributed by atoms with Gasteiger partial charge in [0.2, 0.25) is 5.29 Å². The van der Waals surface area contributed by atoms with E-state index in [2.05, 4.69) is 39.1 Å². The summed E-state index contributed by atoms with van der Waals surface area (Å²) >= 11 is 11.5. The van der Waals surface area contributed by atoms with Crippen LogP contribution in [0.15, 0.2) is 22.5 Å². The summed E-state index contributed by atoms with van der Waals surface area (Å²) in [5.74, 6) is 0.837. The van der Waals surface area contributed by atoms with E-state index in [1.54, 1.807) is 0 Å². The summed E-state index contributed by atoms with van der Waals surface area (Å²) in [5, 5.41) is -3.20. The summed E-state index contributed by atoms with van der Waals surface area (Å²) in [6.45, 7) is 0.947. The minimum atomic E-state index is -2.48. The molecule has 0 aromatic heterocycles. The van der Waals surface area contributed by atoms with Crippen molar-refractivity contribution < 1.29 is 22.0 Å². The van der Waals surface area contributed by atoms with E-state index in [-0.39, 0.29) is 0 Å². The Morgan fingerprint density at radius 1 is 0.857 bits per heavy atom. The highest BCUT2D eigenvalue weighted by molar-refractivity contribution is 9.08. The Morgan fingerprint density at radius 3 is 1.00 bits per heavy atom. The minimum Gasteiger partial charge on any atom is -0.208 e. The van der Waals surface area contributed by atoms with E-state index < -0.39 is 22.5 Å². The maximum Gasteiger partial charge on any atom is 0.317 e. The van der Waals surface area contributed by atoms with Crippen molar-refractivity contribution in [3.8, 4) is 0 Å². The van der Waals surface area contributed by atoms with Crippen molar-refractivity contribution in [3.63, 3.8) is 0 Å². The fourth-order valence-corrected chi connectivity index (χ4v) is 0. The van der Waals surface area contributed by atoms with Crippen molar-refractivity contribution in [2.24, 2.45) is 0 Å². The van der Waals surface area contributed by atoms with Crippen LogP contribution in [0.4, 0.5) is 22.0 Å². The van der Waals surface area contributed by atoms with Crippen molar-refractivity contribution in [2.75, 3.05) is 5.83 Å². The number of hydrogen-bond acceptors (Lipinski definition) is 0. The second kappa shape index (κ2) is 13.2. The average molecular weight is 324 g/mol. The predicted molar refractivity (Wildman–Crippen MR) is 51.8 cm³/mol. The van der Waals surface area contributed by atoms with Crippen LogP contribution < -0.4 is 0 Å². The third-order valence-electron chi connectivity index (χ3n) is 0.403. The third kappa shape index (κ3) is 22.8. The molecule has 0 fully saturated rings. The van der Waals surface area contributed by atoms with E-state index in [0.717, 1.165) is 6.92 Å². The molecule has 0 nitrogen and oxygen atoms in total. The molecular formula is C6H6BrCl2F5. The number of rotatable bonds is 0. The van der Waals surface area contributed by atoms with E-state index in [1.165, 1.54) is 0 Å². The molecule has 0 N–H and O–H groups in total. The molecule has 0 heterocycles. The minimum absolute atomic E-state index is 0.947. The summed E-state index contributed by atoms with van der Waals surface area (Å²) in [6.07, 6.45) is -2.48. The number of halogens is 8. The third-order valence-corrected chi connectivity index (χ3v) is 0.807. The van der Waals surface area contributed by atoms with Crippen LogP contribution in [0.3, 0.4) is 0 Å². The van der Waals surface area contributed by atoms with Gasteiger partial charge in [-0.1, -0.05) is 15.9 Å². The summed E-state index contributed by atoms with van der Waals surface area (Å²) in [5.41, 5.74) is 0. The molecule has 0 amide bonds. The molecule has 0 aliphatic carbocycles. The molecule has 0 aromatic rings. The molecule has 0 saturated carbocycles. The Bertz CT molecular complexity index is 146. The molecule has 0 radical (unpaired) electrons. The van der Waals surface area contributed by atoms with E-state index in [0.29, 0.717) is 0 Å². The van der Waals surface area contributed by atoms with Crippen LogP contribution in [0.1, 0.15) is 6.92 Å². The van der Waals surface area contributed by atoms with Gasteiger partial charge in [-0.3, -0.25) is 0 Å². The molecule has 86 valence electrons. The second-order valence-corrected chi connectivity index (χ2v) is 1.98. The van der Waals surface area contributed by atoms with Gasteiger partial charge in [-0.15, -0.1) is 0 Å². The zero-order valence-corrected chi connectivity index (χ0v) is 10.1. The van der Waals surface area contributed by atoms with Gasteiger partial charge in [0.1, 0.15) is 5.83 Å². The summed E-state index contributed by atoms with van der Waals surface area (Å²) in [6, 6.07) is 0. The van der Waals surface area contributed by atoms with Gasteiger partial charge in [-0.25, -0.2) is 4.39 Å². The van der Waals surface area contributed by atoms with Crippen LogP contribution in [-0.4, -0.2) is 5.83 Å². The molecular weight excluding hydrogens is 318 g/mol. The first-order valence-corrected chi connectivity index (χ1v) is 5.04. The Hall–Kier alpha value is 0.190.